The monoisotopic (exact) mass is 479 g/mol. The molecule has 0 heterocycles. The molecule has 30 heavy (non-hydrogen) atoms. The van der Waals surface area contributed by atoms with E-state index in [0.29, 0.717) is 39.5 Å². The van der Waals surface area contributed by atoms with Crippen LogP contribution in [0.4, 0.5) is 0 Å². The van der Waals surface area contributed by atoms with Crippen molar-refractivity contribution in [3.8, 4) is 5.75 Å². The van der Waals surface area contributed by atoms with Crippen LogP contribution in [0.25, 0.3) is 0 Å². The number of benzene rings is 3. The zero-order valence-corrected chi connectivity index (χ0v) is 19.1. The molecule has 0 unspecified atom stereocenters. The Bertz CT molecular complexity index is 1010. The molecule has 0 aromatic heterocycles. The zero-order chi connectivity index (χ0) is 21.3. The summed E-state index contributed by atoms with van der Waals surface area (Å²) in [7, 11) is 0. The van der Waals surface area contributed by atoms with Gasteiger partial charge in [0.1, 0.15) is 12.4 Å². The first-order valence-electron chi connectivity index (χ1n) is 9.29. The van der Waals surface area contributed by atoms with E-state index in [9.17, 15) is 4.79 Å². The molecule has 0 atom stereocenters. The third-order valence-electron chi connectivity index (χ3n) is 4.25. The Kier molecular flexibility index (Phi) is 8.76. The van der Waals surface area contributed by atoms with Crippen LogP contribution in [0.2, 0.25) is 15.1 Å². The summed E-state index contributed by atoms with van der Waals surface area (Å²) in [5, 5.41) is 4.87. The van der Waals surface area contributed by atoms with E-state index in [2.05, 4.69) is 5.32 Å². The molecule has 0 saturated heterocycles. The summed E-state index contributed by atoms with van der Waals surface area (Å²) < 4.78 is 5.78. The largest absolute Gasteiger partial charge is 0.489 e. The van der Waals surface area contributed by atoms with Gasteiger partial charge in [-0.1, -0.05) is 65.1 Å². The Hall–Kier alpha value is -1.85. The number of hydrogen-bond donors (Lipinski definition) is 1. The molecular weight excluding hydrogens is 461 g/mol. The van der Waals surface area contributed by atoms with Gasteiger partial charge in [-0.2, -0.15) is 11.8 Å². The highest BCUT2D eigenvalue weighted by Gasteiger charge is 2.08. The van der Waals surface area contributed by atoms with Gasteiger partial charge in [-0.15, -0.1) is 0 Å². The van der Waals surface area contributed by atoms with Crippen LogP contribution < -0.4 is 10.1 Å². The Balaban J connectivity index is 1.44. The molecule has 3 aromatic carbocycles. The average Bonchev–Trinajstić information content (AvgIpc) is 2.74. The maximum atomic E-state index is 12.4. The predicted octanol–water partition coefficient (Wildman–Crippen LogP) is 6.89. The van der Waals surface area contributed by atoms with Crippen molar-refractivity contribution in [1.82, 2.24) is 5.32 Å². The topological polar surface area (TPSA) is 38.3 Å². The summed E-state index contributed by atoms with van der Waals surface area (Å²) in [6.45, 7) is 0.897. The first-order valence-corrected chi connectivity index (χ1v) is 11.6. The fraction of sp³-hybridized carbons (Fsp3) is 0.174. The molecule has 1 N–H and O–H groups in total. The summed E-state index contributed by atoms with van der Waals surface area (Å²) in [6.07, 6.45) is 0. The minimum Gasteiger partial charge on any atom is -0.489 e. The van der Waals surface area contributed by atoms with Crippen LogP contribution in [-0.2, 0) is 12.4 Å². The number of nitrogens with one attached hydrogen (secondary N) is 1. The van der Waals surface area contributed by atoms with Crippen LogP contribution in [0, 0.1) is 0 Å². The highest BCUT2D eigenvalue weighted by atomic mass is 35.5. The Labute approximate surface area is 195 Å². The Morgan fingerprint density at radius 2 is 1.73 bits per heavy atom. The summed E-state index contributed by atoms with van der Waals surface area (Å²) >= 11 is 19.9. The molecule has 0 saturated carbocycles. The van der Waals surface area contributed by atoms with Gasteiger partial charge in [-0.05, 0) is 42.0 Å². The number of halogens is 3. The normalized spacial score (nSPS) is 10.6. The lowest BCUT2D eigenvalue weighted by molar-refractivity contribution is 0.0955. The molecule has 3 aromatic rings. The molecule has 156 valence electrons. The van der Waals surface area contributed by atoms with Crippen molar-refractivity contribution >= 4 is 52.5 Å². The Morgan fingerprint density at radius 3 is 2.53 bits per heavy atom. The van der Waals surface area contributed by atoms with Gasteiger partial charge in [0.2, 0.25) is 0 Å². The maximum Gasteiger partial charge on any atom is 0.251 e. The molecule has 0 radical (unpaired) electrons. The van der Waals surface area contributed by atoms with Crippen LogP contribution in [0.5, 0.6) is 5.75 Å². The quantitative estimate of drug-likeness (QED) is 0.339. The molecular formula is C23H20Cl3NO2S. The third kappa shape index (κ3) is 6.85. The van der Waals surface area contributed by atoms with Gasteiger partial charge in [-0.25, -0.2) is 0 Å². The van der Waals surface area contributed by atoms with Gasteiger partial charge in [0, 0.05) is 44.2 Å². The van der Waals surface area contributed by atoms with Gasteiger partial charge < -0.3 is 10.1 Å². The summed E-state index contributed by atoms with van der Waals surface area (Å²) in [6, 6.07) is 20.1. The van der Waals surface area contributed by atoms with E-state index >= 15 is 0 Å². The standard InChI is InChI=1S/C23H20Cl3NO2S/c24-19-9-8-18(22(26)13-19)15-30-11-10-27-23(28)16-5-3-6-20(12-16)29-14-17-4-1-2-7-21(17)25/h1-9,12-13H,10-11,14-15H2,(H,27,28). The number of rotatable bonds is 9. The van der Waals surface area contributed by atoms with Crippen molar-refractivity contribution in [2.24, 2.45) is 0 Å². The molecule has 0 aliphatic rings. The van der Waals surface area contributed by atoms with E-state index in [0.717, 1.165) is 22.6 Å². The second kappa shape index (κ2) is 11.5. The van der Waals surface area contributed by atoms with Crippen LogP contribution in [0.1, 0.15) is 21.5 Å². The molecule has 0 aliphatic carbocycles. The smallest absolute Gasteiger partial charge is 0.251 e. The minimum absolute atomic E-state index is 0.136. The van der Waals surface area contributed by atoms with Crippen molar-refractivity contribution in [1.29, 1.82) is 0 Å². The van der Waals surface area contributed by atoms with Crippen molar-refractivity contribution in [3.63, 3.8) is 0 Å². The van der Waals surface area contributed by atoms with Crippen molar-refractivity contribution in [2.45, 2.75) is 12.4 Å². The van der Waals surface area contributed by atoms with Crippen LogP contribution in [-0.4, -0.2) is 18.2 Å². The summed E-state index contributed by atoms with van der Waals surface area (Å²) in [5.74, 6) is 2.02. The molecule has 1 amide bonds. The number of thioether (sulfide) groups is 1. The molecule has 0 bridgehead atoms. The molecule has 3 rings (SSSR count). The van der Waals surface area contributed by atoms with Gasteiger partial charge in [0.15, 0.2) is 0 Å². The van der Waals surface area contributed by atoms with Gasteiger partial charge in [0.25, 0.3) is 5.91 Å². The maximum absolute atomic E-state index is 12.4. The van der Waals surface area contributed by atoms with Gasteiger partial charge >= 0.3 is 0 Å². The predicted molar refractivity (Wildman–Crippen MR) is 127 cm³/mol. The number of carbonyl (C=O) groups is 1. The van der Waals surface area contributed by atoms with E-state index in [1.165, 1.54) is 0 Å². The lowest BCUT2D eigenvalue weighted by Crippen LogP contribution is -2.25. The fourth-order valence-corrected chi connectivity index (χ4v) is 4.27. The zero-order valence-electron chi connectivity index (χ0n) is 16.0. The third-order valence-corrected chi connectivity index (χ3v) is 6.22. The summed E-state index contributed by atoms with van der Waals surface area (Å²) in [4.78, 5) is 12.4. The van der Waals surface area contributed by atoms with E-state index < -0.39 is 0 Å². The highest BCUT2D eigenvalue weighted by molar-refractivity contribution is 7.98. The van der Waals surface area contributed by atoms with Crippen LogP contribution >= 0.6 is 46.6 Å². The molecule has 0 spiro atoms. The van der Waals surface area contributed by atoms with Crippen molar-refractivity contribution < 1.29 is 9.53 Å². The molecule has 0 aliphatic heterocycles. The molecule has 7 heteroatoms. The van der Waals surface area contributed by atoms with Crippen LogP contribution in [0.3, 0.4) is 0 Å². The number of carbonyl (C=O) groups excluding carboxylic acids is 1. The summed E-state index contributed by atoms with van der Waals surface area (Å²) in [5.41, 5.74) is 2.48. The molecule has 3 nitrogen and oxygen atoms in total. The molecule has 0 fully saturated rings. The van der Waals surface area contributed by atoms with Crippen LogP contribution in [0.15, 0.2) is 66.7 Å². The van der Waals surface area contributed by atoms with Gasteiger partial charge in [0.05, 0.1) is 0 Å². The lowest BCUT2D eigenvalue weighted by atomic mass is 10.2. The minimum atomic E-state index is -0.136. The van der Waals surface area contributed by atoms with Crippen molar-refractivity contribution in [3.05, 3.63) is 98.5 Å². The Morgan fingerprint density at radius 1 is 0.900 bits per heavy atom. The van der Waals surface area contributed by atoms with Crippen molar-refractivity contribution in [2.75, 3.05) is 12.3 Å². The number of amides is 1. The highest BCUT2D eigenvalue weighted by Crippen LogP contribution is 2.24. The second-order valence-electron chi connectivity index (χ2n) is 6.45. The lowest BCUT2D eigenvalue weighted by Gasteiger charge is -2.10. The van der Waals surface area contributed by atoms with E-state index in [4.69, 9.17) is 39.5 Å². The first-order chi connectivity index (χ1) is 14.5. The SMILES string of the molecule is O=C(NCCSCc1ccc(Cl)cc1Cl)c1cccc(OCc2ccccc2Cl)c1. The van der Waals surface area contributed by atoms with E-state index in [1.807, 2.05) is 42.5 Å². The van der Waals surface area contributed by atoms with E-state index in [-0.39, 0.29) is 5.91 Å². The van der Waals surface area contributed by atoms with E-state index in [1.54, 1.807) is 36.0 Å². The fourth-order valence-electron chi connectivity index (χ4n) is 2.66. The van der Waals surface area contributed by atoms with Gasteiger partial charge in [-0.3, -0.25) is 4.79 Å². The first kappa shape index (κ1) is 22.8. The number of hydrogen-bond acceptors (Lipinski definition) is 3. The number of ether oxygens (including phenoxy) is 1. The second-order valence-corrected chi connectivity index (χ2v) is 8.81. The average molecular weight is 481 g/mol.